The van der Waals surface area contributed by atoms with Gasteiger partial charge in [0.1, 0.15) is 0 Å². The van der Waals surface area contributed by atoms with Gasteiger partial charge in [0.15, 0.2) is 0 Å². The molecular formula is C11H14ClIN2O. The van der Waals surface area contributed by atoms with Gasteiger partial charge in [-0.2, -0.15) is 0 Å². The third-order valence-electron chi connectivity index (χ3n) is 2.60. The van der Waals surface area contributed by atoms with Gasteiger partial charge < -0.3 is 10.6 Å². The molecule has 3 nitrogen and oxygen atoms in total. The van der Waals surface area contributed by atoms with Crippen LogP contribution in [-0.4, -0.2) is 29.9 Å². The lowest BCUT2D eigenvalue weighted by atomic mass is 10.2. The quantitative estimate of drug-likeness (QED) is 0.785. The average Bonchev–Trinajstić information content (AvgIpc) is 2.65. The Morgan fingerprint density at radius 2 is 2.00 bits per heavy atom. The minimum atomic E-state index is 0. The first-order chi connectivity index (χ1) is 7.16. The Balaban J connectivity index is 0.00000128. The Morgan fingerprint density at radius 3 is 2.50 bits per heavy atom. The van der Waals surface area contributed by atoms with Crippen molar-refractivity contribution in [3.63, 3.8) is 0 Å². The van der Waals surface area contributed by atoms with Crippen molar-refractivity contribution in [3.05, 3.63) is 33.4 Å². The van der Waals surface area contributed by atoms with E-state index in [4.69, 9.17) is 5.73 Å². The third-order valence-corrected chi connectivity index (χ3v) is 3.32. The van der Waals surface area contributed by atoms with Crippen molar-refractivity contribution in [2.75, 3.05) is 13.1 Å². The van der Waals surface area contributed by atoms with Gasteiger partial charge in [0.25, 0.3) is 5.91 Å². The van der Waals surface area contributed by atoms with Crippen LogP contribution in [0.15, 0.2) is 24.3 Å². The zero-order valence-electron chi connectivity index (χ0n) is 8.73. The summed E-state index contributed by atoms with van der Waals surface area (Å²) in [4.78, 5) is 13.8. The Kier molecular flexibility index (Phi) is 5.01. The molecule has 1 amide bonds. The van der Waals surface area contributed by atoms with Crippen molar-refractivity contribution in [2.45, 2.75) is 12.5 Å². The number of nitrogens with two attached hydrogens (primary N) is 1. The van der Waals surface area contributed by atoms with Gasteiger partial charge >= 0.3 is 0 Å². The number of rotatable bonds is 1. The summed E-state index contributed by atoms with van der Waals surface area (Å²) in [5, 5.41) is 0. The second-order valence-corrected chi connectivity index (χ2v) is 5.05. The van der Waals surface area contributed by atoms with E-state index in [1.807, 2.05) is 29.2 Å². The maximum atomic E-state index is 12.0. The molecule has 1 aliphatic rings. The highest BCUT2D eigenvalue weighted by molar-refractivity contribution is 14.1. The molecule has 1 unspecified atom stereocenters. The van der Waals surface area contributed by atoms with Crippen molar-refractivity contribution < 1.29 is 4.79 Å². The van der Waals surface area contributed by atoms with Gasteiger partial charge in [-0.05, 0) is 53.3 Å². The van der Waals surface area contributed by atoms with E-state index in [2.05, 4.69) is 22.6 Å². The fraction of sp³-hybridized carbons (Fsp3) is 0.364. The largest absolute Gasteiger partial charge is 0.337 e. The number of hydrogen-bond donors (Lipinski definition) is 1. The lowest BCUT2D eigenvalue weighted by Crippen LogP contribution is -2.31. The molecule has 0 aromatic heterocycles. The maximum absolute atomic E-state index is 12.0. The number of amides is 1. The molecule has 0 saturated carbocycles. The molecule has 0 spiro atoms. The van der Waals surface area contributed by atoms with E-state index in [1.54, 1.807) is 0 Å². The minimum absolute atomic E-state index is 0. The lowest BCUT2D eigenvalue weighted by molar-refractivity contribution is 0.0791. The highest BCUT2D eigenvalue weighted by Gasteiger charge is 2.24. The van der Waals surface area contributed by atoms with Gasteiger partial charge in [0.05, 0.1) is 0 Å². The first-order valence-electron chi connectivity index (χ1n) is 4.97. The molecule has 16 heavy (non-hydrogen) atoms. The molecule has 0 bridgehead atoms. The van der Waals surface area contributed by atoms with Gasteiger partial charge in [0, 0.05) is 28.3 Å². The fourth-order valence-electron chi connectivity index (χ4n) is 1.75. The van der Waals surface area contributed by atoms with E-state index >= 15 is 0 Å². The van der Waals surface area contributed by atoms with Gasteiger partial charge in [0.2, 0.25) is 0 Å². The molecule has 1 aromatic rings. The van der Waals surface area contributed by atoms with Crippen LogP contribution in [0, 0.1) is 3.57 Å². The van der Waals surface area contributed by atoms with Crippen LogP contribution in [0.2, 0.25) is 0 Å². The zero-order chi connectivity index (χ0) is 10.8. The van der Waals surface area contributed by atoms with Gasteiger partial charge in [-0.1, -0.05) is 0 Å². The van der Waals surface area contributed by atoms with E-state index in [9.17, 15) is 4.79 Å². The molecule has 1 saturated heterocycles. The number of halogens is 2. The van der Waals surface area contributed by atoms with E-state index in [1.165, 1.54) is 0 Å². The van der Waals surface area contributed by atoms with Crippen molar-refractivity contribution in [3.8, 4) is 0 Å². The molecule has 1 aliphatic heterocycles. The van der Waals surface area contributed by atoms with Gasteiger partial charge in [-0.15, -0.1) is 12.4 Å². The molecular weight excluding hydrogens is 338 g/mol. The highest BCUT2D eigenvalue weighted by atomic mass is 127. The fourth-order valence-corrected chi connectivity index (χ4v) is 2.11. The average molecular weight is 353 g/mol. The van der Waals surface area contributed by atoms with Crippen LogP contribution < -0.4 is 5.73 Å². The number of benzene rings is 1. The van der Waals surface area contributed by atoms with Crippen LogP contribution in [-0.2, 0) is 0 Å². The summed E-state index contributed by atoms with van der Waals surface area (Å²) in [5.74, 6) is 0.0966. The van der Waals surface area contributed by atoms with Crippen LogP contribution in [0.4, 0.5) is 0 Å². The summed E-state index contributed by atoms with van der Waals surface area (Å²) >= 11 is 2.23. The molecule has 1 aromatic carbocycles. The standard InChI is InChI=1S/C11H13IN2O.ClH/c12-9-3-1-8(2-4-9)11(15)14-6-5-10(13)7-14;/h1-4,10H,5-7,13H2;1H. The number of nitrogens with zero attached hydrogens (tertiary/aromatic N) is 1. The van der Waals surface area contributed by atoms with E-state index in [0.29, 0.717) is 6.54 Å². The molecule has 1 fully saturated rings. The van der Waals surface area contributed by atoms with Crippen LogP contribution in [0.1, 0.15) is 16.8 Å². The van der Waals surface area contributed by atoms with Crippen LogP contribution in [0.5, 0.6) is 0 Å². The van der Waals surface area contributed by atoms with E-state index in [-0.39, 0.29) is 24.4 Å². The number of carbonyl (C=O) groups excluding carboxylic acids is 1. The van der Waals surface area contributed by atoms with Crippen LogP contribution in [0.3, 0.4) is 0 Å². The molecule has 1 heterocycles. The second-order valence-electron chi connectivity index (χ2n) is 3.81. The van der Waals surface area contributed by atoms with Crippen molar-refractivity contribution >= 4 is 40.9 Å². The third kappa shape index (κ3) is 3.09. The van der Waals surface area contributed by atoms with E-state index in [0.717, 1.165) is 22.1 Å². The Hall–Kier alpha value is -0.330. The lowest BCUT2D eigenvalue weighted by Gasteiger charge is -2.15. The first kappa shape index (κ1) is 13.7. The molecule has 88 valence electrons. The highest BCUT2D eigenvalue weighted by Crippen LogP contribution is 2.13. The Morgan fingerprint density at radius 1 is 1.38 bits per heavy atom. The summed E-state index contributed by atoms with van der Waals surface area (Å²) in [5.41, 5.74) is 6.52. The maximum Gasteiger partial charge on any atom is 0.253 e. The molecule has 0 aliphatic carbocycles. The summed E-state index contributed by atoms with van der Waals surface area (Å²) in [6, 6.07) is 7.79. The molecule has 2 rings (SSSR count). The summed E-state index contributed by atoms with van der Waals surface area (Å²) < 4.78 is 1.14. The summed E-state index contributed by atoms with van der Waals surface area (Å²) in [6.45, 7) is 1.47. The van der Waals surface area contributed by atoms with Crippen molar-refractivity contribution in [1.29, 1.82) is 0 Å². The smallest absolute Gasteiger partial charge is 0.253 e. The molecule has 5 heteroatoms. The van der Waals surface area contributed by atoms with Crippen molar-refractivity contribution in [2.24, 2.45) is 5.73 Å². The Bertz CT molecular complexity index is 369. The monoisotopic (exact) mass is 352 g/mol. The topological polar surface area (TPSA) is 46.3 Å². The zero-order valence-corrected chi connectivity index (χ0v) is 11.7. The second kappa shape index (κ2) is 5.84. The number of hydrogen-bond acceptors (Lipinski definition) is 2. The molecule has 1 atom stereocenters. The van der Waals surface area contributed by atoms with Crippen LogP contribution >= 0.6 is 35.0 Å². The van der Waals surface area contributed by atoms with Crippen molar-refractivity contribution in [1.82, 2.24) is 4.90 Å². The molecule has 2 N–H and O–H groups in total. The number of likely N-dealkylation sites (tertiary alicyclic amines) is 1. The first-order valence-corrected chi connectivity index (χ1v) is 6.05. The normalized spacial score (nSPS) is 19.4. The van der Waals surface area contributed by atoms with Crippen LogP contribution in [0.25, 0.3) is 0 Å². The predicted octanol–water partition coefficient (Wildman–Crippen LogP) is 1.89. The minimum Gasteiger partial charge on any atom is -0.337 e. The van der Waals surface area contributed by atoms with Gasteiger partial charge in [-0.3, -0.25) is 4.79 Å². The summed E-state index contributed by atoms with van der Waals surface area (Å²) in [6.07, 6.45) is 0.913. The SMILES string of the molecule is Cl.NC1CCN(C(=O)c2ccc(I)cc2)C1. The predicted molar refractivity (Wildman–Crippen MR) is 74.9 cm³/mol. The van der Waals surface area contributed by atoms with E-state index < -0.39 is 0 Å². The molecule has 0 radical (unpaired) electrons. The Labute approximate surface area is 115 Å². The summed E-state index contributed by atoms with van der Waals surface area (Å²) in [7, 11) is 0. The number of carbonyl (C=O) groups is 1. The van der Waals surface area contributed by atoms with Gasteiger partial charge in [-0.25, -0.2) is 0 Å².